The van der Waals surface area contributed by atoms with E-state index in [1.165, 1.54) is 0 Å². The van der Waals surface area contributed by atoms with Crippen LogP contribution < -0.4 is 10.5 Å². The van der Waals surface area contributed by atoms with Crippen LogP contribution in [0.15, 0.2) is 24.3 Å². The third-order valence-corrected chi connectivity index (χ3v) is 4.63. The van der Waals surface area contributed by atoms with Gasteiger partial charge in [-0.05, 0) is 24.6 Å². The Balaban J connectivity index is 2.13. The van der Waals surface area contributed by atoms with Gasteiger partial charge in [0.2, 0.25) is 0 Å². The molecule has 1 saturated heterocycles. The molecule has 6 heteroatoms. The highest BCUT2D eigenvalue weighted by molar-refractivity contribution is 7.91. The molecule has 0 aromatic heterocycles. The fourth-order valence-electron chi connectivity index (χ4n) is 1.96. The summed E-state index contributed by atoms with van der Waals surface area (Å²) in [6.07, 6.45) is -1.66. The zero-order chi connectivity index (χ0) is 13.3. The molecule has 1 aliphatic heterocycles. The molecule has 0 bridgehead atoms. The van der Waals surface area contributed by atoms with Crippen molar-refractivity contribution in [2.45, 2.75) is 25.2 Å². The molecule has 1 aromatic rings. The summed E-state index contributed by atoms with van der Waals surface area (Å²) in [6.45, 7) is 1.86. The summed E-state index contributed by atoms with van der Waals surface area (Å²) < 4.78 is 28.2. The lowest BCUT2D eigenvalue weighted by Crippen LogP contribution is -2.29. The average molecular weight is 271 g/mol. The SMILES string of the molecule is C[C@@H](N)c1cccc(OC2CS(=O)(=O)CC2O)c1. The molecule has 2 rings (SSSR count). The van der Waals surface area contributed by atoms with Gasteiger partial charge in [-0.3, -0.25) is 0 Å². The van der Waals surface area contributed by atoms with Gasteiger partial charge in [0.1, 0.15) is 18.0 Å². The average Bonchev–Trinajstić information content (AvgIpc) is 2.52. The Bertz CT molecular complexity index is 527. The maximum Gasteiger partial charge on any atom is 0.156 e. The molecular formula is C12H17NO4S. The minimum absolute atomic E-state index is 0.120. The van der Waals surface area contributed by atoms with Gasteiger partial charge in [0.05, 0.1) is 11.5 Å². The van der Waals surface area contributed by atoms with Crippen LogP contribution in [0.5, 0.6) is 5.75 Å². The van der Waals surface area contributed by atoms with Crippen molar-refractivity contribution >= 4 is 9.84 Å². The smallest absolute Gasteiger partial charge is 0.156 e. The van der Waals surface area contributed by atoms with Gasteiger partial charge in [0.15, 0.2) is 9.84 Å². The molecule has 1 aromatic carbocycles. The molecule has 0 aliphatic carbocycles. The topological polar surface area (TPSA) is 89.6 Å². The lowest BCUT2D eigenvalue weighted by atomic mass is 10.1. The van der Waals surface area contributed by atoms with E-state index in [2.05, 4.69) is 0 Å². The summed E-state index contributed by atoms with van der Waals surface area (Å²) in [7, 11) is -3.19. The van der Waals surface area contributed by atoms with Crippen molar-refractivity contribution < 1.29 is 18.3 Å². The quantitative estimate of drug-likeness (QED) is 0.822. The minimum Gasteiger partial charge on any atom is -0.487 e. The van der Waals surface area contributed by atoms with Crippen molar-refractivity contribution in [3.63, 3.8) is 0 Å². The van der Waals surface area contributed by atoms with E-state index in [9.17, 15) is 13.5 Å². The molecule has 2 unspecified atom stereocenters. The van der Waals surface area contributed by atoms with Crippen LogP contribution in [0.2, 0.25) is 0 Å². The summed E-state index contributed by atoms with van der Waals surface area (Å²) in [6, 6.07) is 7.04. The normalized spacial score (nSPS) is 27.9. The summed E-state index contributed by atoms with van der Waals surface area (Å²) in [5.41, 5.74) is 6.67. The monoisotopic (exact) mass is 271 g/mol. The van der Waals surface area contributed by atoms with Crippen LogP contribution in [-0.2, 0) is 9.84 Å². The first-order valence-electron chi connectivity index (χ1n) is 5.78. The third kappa shape index (κ3) is 3.01. The van der Waals surface area contributed by atoms with Crippen LogP contribution in [0.1, 0.15) is 18.5 Å². The van der Waals surface area contributed by atoms with E-state index in [1.807, 2.05) is 13.0 Å². The molecule has 0 amide bonds. The zero-order valence-electron chi connectivity index (χ0n) is 10.1. The highest BCUT2D eigenvalue weighted by Gasteiger charge is 2.38. The van der Waals surface area contributed by atoms with Crippen molar-refractivity contribution in [1.82, 2.24) is 0 Å². The minimum atomic E-state index is -3.19. The Morgan fingerprint density at radius 3 is 2.72 bits per heavy atom. The number of hydrogen-bond acceptors (Lipinski definition) is 5. The Kier molecular flexibility index (Phi) is 3.61. The number of sulfone groups is 1. The Hall–Kier alpha value is -1.11. The Labute approximate surface area is 106 Å². The van der Waals surface area contributed by atoms with Gasteiger partial charge in [-0.1, -0.05) is 12.1 Å². The zero-order valence-corrected chi connectivity index (χ0v) is 10.9. The van der Waals surface area contributed by atoms with Crippen molar-refractivity contribution in [1.29, 1.82) is 0 Å². The molecular weight excluding hydrogens is 254 g/mol. The predicted octanol–water partition coefficient (Wildman–Crippen LogP) is 0.243. The molecule has 5 nitrogen and oxygen atoms in total. The molecule has 3 N–H and O–H groups in total. The van der Waals surface area contributed by atoms with Crippen LogP contribution in [0.4, 0.5) is 0 Å². The number of nitrogens with two attached hydrogens (primary N) is 1. The standard InChI is InChI=1S/C12H17NO4S/c1-8(13)9-3-2-4-10(5-9)17-12-7-18(15,16)6-11(12)14/h2-5,8,11-12,14H,6-7,13H2,1H3/t8-,11?,12?/m1/s1. The number of ether oxygens (including phenoxy) is 1. The fraction of sp³-hybridized carbons (Fsp3) is 0.500. The second-order valence-corrected chi connectivity index (χ2v) is 6.82. The van der Waals surface area contributed by atoms with Crippen molar-refractivity contribution in [3.8, 4) is 5.75 Å². The highest BCUT2D eigenvalue weighted by Crippen LogP contribution is 2.22. The van der Waals surface area contributed by atoms with E-state index in [-0.39, 0.29) is 17.5 Å². The van der Waals surface area contributed by atoms with E-state index in [1.54, 1.807) is 18.2 Å². The van der Waals surface area contributed by atoms with Gasteiger partial charge in [-0.15, -0.1) is 0 Å². The molecule has 1 fully saturated rings. The fourth-order valence-corrected chi connectivity index (χ4v) is 3.62. The first kappa shape index (κ1) is 13.3. The van der Waals surface area contributed by atoms with Crippen LogP contribution in [0.25, 0.3) is 0 Å². The molecule has 0 saturated carbocycles. The second kappa shape index (κ2) is 4.87. The molecule has 1 aliphatic rings. The number of rotatable bonds is 3. The van der Waals surface area contributed by atoms with Crippen molar-refractivity contribution in [2.24, 2.45) is 5.73 Å². The van der Waals surface area contributed by atoms with E-state index < -0.39 is 22.0 Å². The molecule has 0 spiro atoms. The van der Waals surface area contributed by atoms with E-state index in [4.69, 9.17) is 10.5 Å². The highest BCUT2D eigenvalue weighted by atomic mass is 32.2. The first-order chi connectivity index (χ1) is 8.37. The molecule has 3 atom stereocenters. The number of benzene rings is 1. The molecule has 18 heavy (non-hydrogen) atoms. The summed E-state index contributed by atoms with van der Waals surface area (Å²) in [4.78, 5) is 0. The lowest BCUT2D eigenvalue weighted by molar-refractivity contribution is 0.0737. The van der Waals surface area contributed by atoms with Gasteiger partial charge >= 0.3 is 0 Å². The Morgan fingerprint density at radius 1 is 1.44 bits per heavy atom. The number of aliphatic hydroxyl groups excluding tert-OH is 1. The van der Waals surface area contributed by atoms with Crippen LogP contribution in [0, 0.1) is 0 Å². The van der Waals surface area contributed by atoms with Crippen LogP contribution >= 0.6 is 0 Å². The molecule has 100 valence electrons. The maximum atomic E-state index is 11.4. The predicted molar refractivity (Wildman–Crippen MR) is 68.1 cm³/mol. The second-order valence-electron chi connectivity index (χ2n) is 4.66. The summed E-state index contributed by atoms with van der Waals surface area (Å²) in [5, 5.41) is 9.64. The first-order valence-corrected chi connectivity index (χ1v) is 7.60. The summed E-state index contributed by atoms with van der Waals surface area (Å²) in [5.74, 6) is 0.159. The van der Waals surface area contributed by atoms with Gasteiger partial charge in [0.25, 0.3) is 0 Å². The lowest BCUT2D eigenvalue weighted by Gasteiger charge is -2.16. The number of aliphatic hydroxyl groups is 1. The van der Waals surface area contributed by atoms with E-state index >= 15 is 0 Å². The Morgan fingerprint density at radius 2 is 2.17 bits per heavy atom. The summed E-state index contributed by atoms with van der Waals surface area (Å²) >= 11 is 0. The third-order valence-electron chi connectivity index (χ3n) is 2.94. The van der Waals surface area contributed by atoms with Crippen molar-refractivity contribution in [2.75, 3.05) is 11.5 Å². The van der Waals surface area contributed by atoms with Crippen LogP contribution in [-0.4, -0.2) is 37.2 Å². The number of hydrogen-bond donors (Lipinski definition) is 2. The maximum absolute atomic E-state index is 11.4. The molecule has 1 heterocycles. The largest absolute Gasteiger partial charge is 0.487 e. The molecule has 0 radical (unpaired) electrons. The van der Waals surface area contributed by atoms with E-state index in [0.29, 0.717) is 5.75 Å². The van der Waals surface area contributed by atoms with E-state index in [0.717, 1.165) is 5.56 Å². The van der Waals surface area contributed by atoms with Crippen LogP contribution in [0.3, 0.4) is 0 Å². The van der Waals surface area contributed by atoms with Gasteiger partial charge in [-0.2, -0.15) is 0 Å². The van der Waals surface area contributed by atoms with Gasteiger partial charge in [0, 0.05) is 6.04 Å². The van der Waals surface area contributed by atoms with Gasteiger partial charge in [-0.25, -0.2) is 8.42 Å². The van der Waals surface area contributed by atoms with Crippen molar-refractivity contribution in [3.05, 3.63) is 29.8 Å². The van der Waals surface area contributed by atoms with Gasteiger partial charge < -0.3 is 15.6 Å².